The lowest BCUT2D eigenvalue weighted by Crippen LogP contribution is -2.51. The predicted octanol–water partition coefficient (Wildman–Crippen LogP) is 5.27. The highest BCUT2D eigenvalue weighted by molar-refractivity contribution is 5.86. The van der Waals surface area contributed by atoms with Crippen LogP contribution in [0, 0.1) is 30.1 Å². The molecule has 0 saturated heterocycles. The molecule has 4 aliphatic rings. The van der Waals surface area contributed by atoms with Crippen molar-refractivity contribution in [2.24, 2.45) is 23.2 Å². The number of rotatable bonds is 6. The number of carbonyl (C=O) groups excluding carboxylic acids is 1. The summed E-state index contributed by atoms with van der Waals surface area (Å²) in [6.07, 6.45) is 6.53. The monoisotopic (exact) mass is 454 g/mol. The van der Waals surface area contributed by atoms with Crippen molar-refractivity contribution >= 4 is 16.9 Å². The summed E-state index contributed by atoms with van der Waals surface area (Å²) < 4.78 is 34.6. The molecule has 4 saturated carbocycles. The lowest BCUT2D eigenvalue weighted by atomic mass is 9.49. The Morgan fingerprint density at radius 1 is 1.24 bits per heavy atom. The van der Waals surface area contributed by atoms with Crippen LogP contribution in [0.5, 0.6) is 0 Å². The van der Waals surface area contributed by atoms with E-state index in [0.29, 0.717) is 29.1 Å². The van der Waals surface area contributed by atoms with Gasteiger partial charge in [0.15, 0.2) is 11.4 Å². The lowest BCUT2D eigenvalue weighted by Gasteiger charge is -2.56. The van der Waals surface area contributed by atoms with Gasteiger partial charge < -0.3 is 9.73 Å². The molecule has 0 atom stereocenters. The average molecular weight is 455 g/mol. The number of hydrogen-bond donors (Lipinski definition) is 1. The van der Waals surface area contributed by atoms with Crippen LogP contribution in [-0.4, -0.2) is 27.2 Å². The number of nitrogens with one attached hydrogen (secondary N) is 1. The Morgan fingerprint density at radius 3 is 2.55 bits per heavy atom. The molecular formula is C25H28F2N4O2. The summed E-state index contributed by atoms with van der Waals surface area (Å²) in [5, 5.41) is 7.85. The summed E-state index contributed by atoms with van der Waals surface area (Å²) in [7, 11) is 0. The van der Waals surface area contributed by atoms with Crippen molar-refractivity contribution in [3.63, 3.8) is 0 Å². The summed E-state index contributed by atoms with van der Waals surface area (Å²) in [4.78, 5) is 17.5. The third kappa shape index (κ3) is 3.63. The Hall–Kier alpha value is -2.77. The van der Waals surface area contributed by atoms with E-state index in [2.05, 4.69) is 15.4 Å². The van der Waals surface area contributed by atoms with Gasteiger partial charge in [0.25, 0.3) is 6.43 Å². The molecule has 7 rings (SSSR count). The van der Waals surface area contributed by atoms with Crippen LogP contribution in [0.2, 0.25) is 0 Å². The fraction of sp³-hybridized carbons (Fsp3) is 0.560. The smallest absolute Gasteiger partial charge is 0.264 e. The summed E-state index contributed by atoms with van der Waals surface area (Å²) in [5.74, 6) is 2.71. The van der Waals surface area contributed by atoms with Crippen LogP contribution >= 0.6 is 0 Å². The Morgan fingerprint density at radius 2 is 1.94 bits per heavy atom. The van der Waals surface area contributed by atoms with Gasteiger partial charge in [-0.05, 0) is 86.8 Å². The molecule has 0 aliphatic heterocycles. The van der Waals surface area contributed by atoms with E-state index in [9.17, 15) is 13.6 Å². The zero-order valence-electron chi connectivity index (χ0n) is 18.7. The Kier molecular flexibility index (Phi) is 4.82. The van der Waals surface area contributed by atoms with Crippen LogP contribution in [0.3, 0.4) is 0 Å². The first kappa shape index (κ1) is 20.8. The van der Waals surface area contributed by atoms with E-state index in [-0.39, 0.29) is 29.1 Å². The van der Waals surface area contributed by atoms with E-state index in [4.69, 9.17) is 4.42 Å². The van der Waals surface area contributed by atoms with Gasteiger partial charge in [0.2, 0.25) is 5.91 Å². The number of nitrogens with zero attached hydrogens (tertiary/aromatic N) is 3. The number of furan rings is 1. The third-order valence-electron chi connectivity index (χ3n) is 8.04. The number of halogens is 2. The molecule has 4 bridgehead atoms. The van der Waals surface area contributed by atoms with Crippen LogP contribution in [0.15, 0.2) is 28.9 Å². The van der Waals surface area contributed by atoms with E-state index in [0.717, 1.165) is 17.8 Å². The molecule has 0 radical (unpaired) electrons. The number of pyridine rings is 1. The van der Waals surface area contributed by atoms with Crippen LogP contribution in [0.1, 0.15) is 56.2 Å². The molecule has 1 N–H and O–H groups in total. The predicted molar refractivity (Wildman–Crippen MR) is 119 cm³/mol. The number of amides is 1. The van der Waals surface area contributed by atoms with Crippen molar-refractivity contribution in [1.82, 2.24) is 20.1 Å². The van der Waals surface area contributed by atoms with Crippen molar-refractivity contribution in [1.29, 1.82) is 0 Å². The summed E-state index contributed by atoms with van der Waals surface area (Å²) in [6, 6.07) is 4.71. The number of alkyl halides is 2. The largest absolute Gasteiger partial charge is 0.463 e. The molecule has 33 heavy (non-hydrogen) atoms. The van der Waals surface area contributed by atoms with Gasteiger partial charge in [0.05, 0.1) is 17.3 Å². The van der Waals surface area contributed by atoms with Crippen LogP contribution in [0.4, 0.5) is 8.78 Å². The second-order valence-corrected chi connectivity index (χ2v) is 10.5. The highest BCUT2D eigenvalue weighted by Gasteiger charge is 2.50. The van der Waals surface area contributed by atoms with Gasteiger partial charge in [0, 0.05) is 12.1 Å². The van der Waals surface area contributed by atoms with Crippen LogP contribution < -0.4 is 5.32 Å². The molecule has 4 aliphatic carbocycles. The van der Waals surface area contributed by atoms with Crippen molar-refractivity contribution in [2.45, 2.75) is 58.4 Å². The highest BCUT2D eigenvalue weighted by Crippen LogP contribution is 2.59. The molecule has 0 spiro atoms. The Bertz CT molecular complexity index is 1170. The highest BCUT2D eigenvalue weighted by atomic mass is 19.3. The normalized spacial score (nSPS) is 28.2. The first-order valence-electron chi connectivity index (χ1n) is 11.9. The van der Waals surface area contributed by atoms with Crippen LogP contribution in [-0.2, 0) is 11.3 Å². The molecule has 0 unspecified atom stereocenters. The van der Waals surface area contributed by atoms with Crippen molar-refractivity contribution < 1.29 is 18.0 Å². The molecule has 8 heteroatoms. The Balaban J connectivity index is 1.25. The van der Waals surface area contributed by atoms with Crippen molar-refractivity contribution in [3.05, 3.63) is 35.7 Å². The number of hydrogen-bond acceptors (Lipinski definition) is 4. The number of aromatic nitrogens is 3. The molecule has 3 aromatic rings. The van der Waals surface area contributed by atoms with E-state index in [1.54, 1.807) is 19.1 Å². The average Bonchev–Trinajstić information content (AvgIpc) is 3.40. The first-order valence-corrected chi connectivity index (χ1v) is 11.9. The number of fused-ring (bicyclic) bond motifs is 1. The van der Waals surface area contributed by atoms with Gasteiger partial charge in [0.1, 0.15) is 12.2 Å². The van der Waals surface area contributed by atoms with Crippen LogP contribution in [0.25, 0.3) is 22.5 Å². The second kappa shape index (κ2) is 7.64. The SMILES string of the molecule is Cc1nn(CC(=O)NCC23CC4CC(CC(C4)C2)C3)c2nc(-c3ccco3)cc(C(F)F)c12. The van der Waals surface area contributed by atoms with Gasteiger partial charge in [-0.25, -0.2) is 18.4 Å². The molecule has 4 fully saturated rings. The topological polar surface area (TPSA) is 73.0 Å². The molecular weight excluding hydrogens is 426 g/mol. The van der Waals surface area contributed by atoms with Gasteiger partial charge in [-0.2, -0.15) is 5.10 Å². The van der Waals surface area contributed by atoms with Crippen molar-refractivity contribution in [3.8, 4) is 11.5 Å². The maximum atomic E-state index is 13.9. The molecule has 3 aromatic heterocycles. The van der Waals surface area contributed by atoms with E-state index in [1.807, 2.05) is 0 Å². The maximum absolute atomic E-state index is 13.9. The van der Waals surface area contributed by atoms with E-state index in [1.165, 1.54) is 55.5 Å². The minimum Gasteiger partial charge on any atom is -0.463 e. The molecule has 0 aromatic carbocycles. The van der Waals surface area contributed by atoms with E-state index >= 15 is 0 Å². The maximum Gasteiger partial charge on any atom is 0.264 e. The minimum absolute atomic E-state index is 0.0476. The number of carbonyl (C=O) groups is 1. The number of aryl methyl sites for hydroxylation is 1. The molecule has 3 heterocycles. The quantitative estimate of drug-likeness (QED) is 0.551. The molecule has 6 nitrogen and oxygen atoms in total. The zero-order valence-corrected chi connectivity index (χ0v) is 18.7. The minimum atomic E-state index is -2.69. The van der Waals surface area contributed by atoms with Gasteiger partial charge in [-0.3, -0.25) is 4.79 Å². The standard InChI is InChI=1S/C25H28F2N4O2/c1-14-22-18(23(26)27)8-19(20-3-2-4-33-20)29-24(22)31(30-14)12-21(32)28-13-25-9-15-5-16(10-25)7-17(6-15)11-25/h2-4,8,15-17,23H,5-7,9-13H2,1H3,(H,28,32). The summed E-state index contributed by atoms with van der Waals surface area (Å²) in [6.45, 7) is 2.32. The lowest BCUT2D eigenvalue weighted by molar-refractivity contribution is -0.124. The molecule has 1 amide bonds. The fourth-order valence-corrected chi connectivity index (χ4v) is 7.20. The van der Waals surface area contributed by atoms with Gasteiger partial charge in [-0.1, -0.05) is 0 Å². The third-order valence-corrected chi connectivity index (χ3v) is 8.04. The zero-order chi connectivity index (χ0) is 22.7. The first-order chi connectivity index (χ1) is 15.9. The van der Waals surface area contributed by atoms with Crippen molar-refractivity contribution in [2.75, 3.05) is 6.54 Å². The van der Waals surface area contributed by atoms with Gasteiger partial charge in [-0.15, -0.1) is 0 Å². The van der Waals surface area contributed by atoms with Gasteiger partial charge >= 0.3 is 0 Å². The van der Waals surface area contributed by atoms with E-state index < -0.39 is 6.43 Å². The summed E-state index contributed by atoms with van der Waals surface area (Å²) in [5.41, 5.74) is 1.11. The Labute approximate surface area is 190 Å². The summed E-state index contributed by atoms with van der Waals surface area (Å²) >= 11 is 0. The molecule has 174 valence electrons. The second-order valence-electron chi connectivity index (χ2n) is 10.5. The fourth-order valence-electron chi connectivity index (χ4n) is 7.20.